The first-order valence-corrected chi connectivity index (χ1v) is 6.06. The van der Waals surface area contributed by atoms with Crippen molar-refractivity contribution in [3.05, 3.63) is 30.6 Å². The lowest BCUT2D eigenvalue weighted by Gasteiger charge is -2.26. The van der Waals surface area contributed by atoms with Crippen molar-refractivity contribution in [2.24, 2.45) is 0 Å². The molecule has 0 amide bonds. The van der Waals surface area contributed by atoms with Crippen molar-refractivity contribution in [2.45, 2.75) is 25.9 Å². The molecule has 0 saturated carbocycles. The number of hydrogen-bond donors (Lipinski definition) is 0. The quantitative estimate of drug-likeness (QED) is 0.767. The highest BCUT2D eigenvalue weighted by atomic mass is 15.3. The number of aromatic nitrogens is 2. The predicted octanol–water partition coefficient (Wildman–Crippen LogP) is 2.48. The van der Waals surface area contributed by atoms with Gasteiger partial charge in [-0.25, -0.2) is 4.98 Å². The van der Waals surface area contributed by atoms with Crippen LogP contribution < -0.4 is 0 Å². The second-order valence-electron chi connectivity index (χ2n) is 4.52. The Bertz CT molecular complexity index is 469. The van der Waals surface area contributed by atoms with Gasteiger partial charge in [-0.05, 0) is 38.1 Å². The fourth-order valence-corrected chi connectivity index (χ4v) is 2.44. The fourth-order valence-electron chi connectivity index (χ4n) is 2.44. The third-order valence-corrected chi connectivity index (χ3v) is 3.33. The molecule has 3 nitrogen and oxygen atoms in total. The summed E-state index contributed by atoms with van der Waals surface area (Å²) in [6.45, 7) is 3.44. The van der Waals surface area contributed by atoms with Crippen molar-refractivity contribution in [1.82, 2.24) is 14.5 Å². The van der Waals surface area contributed by atoms with E-state index in [4.69, 9.17) is 0 Å². The summed E-state index contributed by atoms with van der Waals surface area (Å²) in [4.78, 5) is 6.93. The van der Waals surface area contributed by atoms with Crippen LogP contribution in [0.2, 0.25) is 0 Å². The van der Waals surface area contributed by atoms with Gasteiger partial charge in [0.05, 0.1) is 24.0 Å². The van der Waals surface area contributed by atoms with E-state index in [-0.39, 0.29) is 0 Å². The van der Waals surface area contributed by atoms with Crippen LogP contribution in [0.4, 0.5) is 0 Å². The summed E-state index contributed by atoms with van der Waals surface area (Å²) in [6, 6.07) is 8.34. The maximum atomic E-state index is 4.42. The molecule has 16 heavy (non-hydrogen) atoms. The molecule has 0 atom stereocenters. The van der Waals surface area contributed by atoms with E-state index in [0.29, 0.717) is 0 Å². The first-order chi connectivity index (χ1) is 7.93. The molecule has 0 unspecified atom stereocenters. The van der Waals surface area contributed by atoms with Gasteiger partial charge in [-0.3, -0.25) is 4.90 Å². The number of rotatable bonds is 2. The van der Waals surface area contributed by atoms with E-state index in [1.165, 1.54) is 37.9 Å². The van der Waals surface area contributed by atoms with E-state index in [1.807, 2.05) is 12.4 Å². The summed E-state index contributed by atoms with van der Waals surface area (Å²) >= 11 is 0. The Morgan fingerprint density at radius 3 is 2.75 bits per heavy atom. The molecular weight excluding hydrogens is 198 g/mol. The molecule has 0 aliphatic carbocycles. The summed E-state index contributed by atoms with van der Waals surface area (Å²) in [7, 11) is 0. The highest BCUT2D eigenvalue weighted by molar-refractivity contribution is 5.74. The van der Waals surface area contributed by atoms with Crippen LogP contribution in [0.1, 0.15) is 19.3 Å². The highest BCUT2D eigenvalue weighted by Crippen LogP contribution is 2.15. The third kappa shape index (κ3) is 1.83. The molecule has 2 aromatic rings. The molecule has 0 N–H and O–H groups in total. The minimum absolute atomic E-state index is 0.987. The number of benzene rings is 1. The van der Waals surface area contributed by atoms with Gasteiger partial charge in [0.25, 0.3) is 0 Å². The van der Waals surface area contributed by atoms with E-state index in [2.05, 4.69) is 32.7 Å². The maximum Gasteiger partial charge on any atom is 0.0969 e. The number of likely N-dealkylation sites (tertiary alicyclic amines) is 1. The van der Waals surface area contributed by atoms with E-state index in [0.717, 1.165) is 12.2 Å². The van der Waals surface area contributed by atoms with Crippen LogP contribution in [0.15, 0.2) is 30.6 Å². The maximum absolute atomic E-state index is 4.42. The van der Waals surface area contributed by atoms with Gasteiger partial charge >= 0.3 is 0 Å². The Morgan fingerprint density at radius 1 is 1.06 bits per heavy atom. The van der Waals surface area contributed by atoms with E-state index in [1.54, 1.807) is 0 Å². The van der Waals surface area contributed by atoms with Crippen LogP contribution in [-0.2, 0) is 6.67 Å². The van der Waals surface area contributed by atoms with Gasteiger partial charge in [0.1, 0.15) is 0 Å². The summed E-state index contributed by atoms with van der Waals surface area (Å²) in [5, 5.41) is 0. The van der Waals surface area contributed by atoms with Crippen LogP contribution in [0.3, 0.4) is 0 Å². The molecule has 0 bridgehead atoms. The van der Waals surface area contributed by atoms with Crippen LogP contribution in [0, 0.1) is 0 Å². The van der Waals surface area contributed by atoms with Gasteiger partial charge in [-0.1, -0.05) is 18.6 Å². The van der Waals surface area contributed by atoms with Crippen molar-refractivity contribution in [3.63, 3.8) is 0 Å². The van der Waals surface area contributed by atoms with Gasteiger partial charge in [-0.15, -0.1) is 0 Å². The second-order valence-corrected chi connectivity index (χ2v) is 4.52. The smallest absolute Gasteiger partial charge is 0.0969 e. The summed E-state index contributed by atoms with van der Waals surface area (Å²) in [5.74, 6) is 0. The number of fused-ring (bicyclic) bond motifs is 1. The lowest BCUT2D eigenvalue weighted by Crippen LogP contribution is -2.31. The molecule has 3 heteroatoms. The van der Waals surface area contributed by atoms with Gasteiger partial charge in [0.2, 0.25) is 0 Å². The predicted molar refractivity (Wildman–Crippen MR) is 65.2 cm³/mol. The highest BCUT2D eigenvalue weighted by Gasteiger charge is 2.11. The molecule has 1 saturated heterocycles. The Morgan fingerprint density at radius 2 is 1.88 bits per heavy atom. The van der Waals surface area contributed by atoms with Gasteiger partial charge in [-0.2, -0.15) is 0 Å². The van der Waals surface area contributed by atoms with Crippen LogP contribution in [0.25, 0.3) is 11.0 Å². The topological polar surface area (TPSA) is 21.1 Å². The first kappa shape index (κ1) is 9.85. The molecule has 3 rings (SSSR count). The summed E-state index contributed by atoms with van der Waals surface area (Å²) < 4.78 is 2.25. The Hall–Kier alpha value is -1.35. The van der Waals surface area contributed by atoms with Gasteiger partial charge in [0, 0.05) is 0 Å². The molecule has 2 heterocycles. The molecular formula is C13H17N3. The monoisotopic (exact) mass is 215 g/mol. The minimum Gasteiger partial charge on any atom is -0.317 e. The fraction of sp³-hybridized carbons (Fsp3) is 0.462. The SMILES string of the molecule is c1ccc2c(c1)ncn2CN1CCCCC1. The number of nitrogens with zero attached hydrogens (tertiary/aromatic N) is 3. The number of hydrogen-bond acceptors (Lipinski definition) is 2. The van der Waals surface area contributed by atoms with Crippen molar-refractivity contribution in [3.8, 4) is 0 Å². The zero-order valence-corrected chi connectivity index (χ0v) is 9.47. The Kier molecular flexibility index (Phi) is 2.62. The molecule has 1 aliphatic rings. The van der Waals surface area contributed by atoms with E-state index < -0.39 is 0 Å². The van der Waals surface area contributed by atoms with Crippen molar-refractivity contribution >= 4 is 11.0 Å². The normalized spacial score (nSPS) is 18.0. The third-order valence-electron chi connectivity index (χ3n) is 3.33. The average Bonchev–Trinajstić information content (AvgIpc) is 2.74. The van der Waals surface area contributed by atoms with Crippen molar-refractivity contribution in [2.75, 3.05) is 13.1 Å². The summed E-state index contributed by atoms with van der Waals surface area (Å²) in [5.41, 5.74) is 2.34. The van der Waals surface area contributed by atoms with Gasteiger partial charge < -0.3 is 4.57 Å². The number of para-hydroxylation sites is 2. The first-order valence-electron chi connectivity index (χ1n) is 6.06. The van der Waals surface area contributed by atoms with Gasteiger partial charge in [0.15, 0.2) is 0 Å². The standard InChI is InChI=1S/C13H17N3/c1-4-8-15(9-5-1)11-16-10-14-12-6-2-3-7-13(12)16/h2-3,6-7,10H,1,4-5,8-9,11H2. The molecule has 1 fully saturated rings. The Labute approximate surface area is 95.7 Å². The van der Waals surface area contributed by atoms with Crippen LogP contribution in [-0.4, -0.2) is 27.5 Å². The van der Waals surface area contributed by atoms with Crippen molar-refractivity contribution in [1.29, 1.82) is 0 Å². The van der Waals surface area contributed by atoms with Crippen LogP contribution >= 0.6 is 0 Å². The average molecular weight is 215 g/mol. The molecule has 1 aromatic heterocycles. The Balaban J connectivity index is 1.83. The second kappa shape index (κ2) is 4.26. The molecule has 1 aliphatic heterocycles. The molecule has 1 aromatic carbocycles. The lowest BCUT2D eigenvalue weighted by molar-refractivity contribution is 0.185. The molecule has 0 spiro atoms. The zero-order chi connectivity index (χ0) is 10.8. The van der Waals surface area contributed by atoms with E-state index >= 15 is 0 Å². The van der Waals surface area contributed by atoms with Crippen LogP contribution in [0.5, 0.6) is 0 Å². The largest absolute Gasteiger partial charge is 0.317 e. The lowest BCUT2D eigenvalue weighted by atomic mass is 10.1. The number of piperidine rings is 1. The number of imidazole rings is 1. The summed E-state index contributed by atoms with van der Waals surface area (Å²) in [6.07, 6.45) is 6.03. The molecule has 84 valence electrons. The zero-order valence-electron chi connectivity index (χ0n) is 9.47. The van der Waals surface area contributed by atoms with Crippen molar-refractivity contribution < 1.29 is 0 Å². The molecule has 0 radical (unpaired) electrons. The minimum atomic E-state index is 0.987. The van der Waals surface area contributed by atoms with E-state index in [9.17, 15) is 0 Å².